The van der Waals surface area contributed by atoms with Gasteiger partial charge in [-0.15, -0.1) is 0 Å². The number of hydrogen-bond donors (Lipinski definition) is 1. The monoisotopic (exact) mass is 283 g/mol. The maximum absolute atomic E-state index is 11.7. The number of phenolic OH excluding ortho intramolecular Hbond substituents is 1. The van der Waals surface area contributed by atoms with Crippen molar-refractivity contribution in [1.29, 1.82) is 0 Å². The van der Waals surface area contributed by atoms with Crippen molar-refractivity contribution in [2.75, 3.05) is 6.61 Å². The summed E-state index contributed by atoms with van der Waals surface area (Å²) >= 11 is 0. The third-order valence-corrected chi connectivity index (χ3v) is 2.86. The van der Waals surface area contributed by atoms with Crippen molar-refractivity contribution < 1.29 is 14.6 Å². The number of ether oxygens (including phenoxy) is 1. The number of aliphatic imine (C=N–C) groups is 1. The van der Waals surface area contributed by atoms with Gasteiger partial charge in [0.05, 0.1) is 18.7 Å². The second-order valence-electron chi connectivity index (χ2n) is 4.40. The summed E-state index contributed by atoms with van der Waals surface area (Å²) in [6, 6.07) is 16.2. The van der Waals surface area contributed by atoms with E-state index in [0.717, 1.165) is 5.56 Å². The highest BCUT2D eigenvalue weighted by Crippen LogP contribution is 2.26. The molecule has 2 aromatic rings. The van der Waals surface area contributed by atoms with Crippen LogP contribution in [0.25, 0.3) is 0 Å². The molecule has 0 fully saturated rings. The van der Waals surface area contributed by atoms with E-state index in [-0.39, 0.29) is 18.1 Å². The smallest absolute Gasteiger partial charge is 0.311 e. The standard InChI is InChI=1S/C17H17NO3/c1-2-21-17(20)12-15(13-8-4-3-5-9-13)18-14-10-6-7-11-16(14)19/h3-11,19H,2,12H2,1H3. The van der Waals surface area contributed by atoms with Crippen LogP contribution in [0.4, 0.5) is 5.69 Å². The average molecular weight is 283 g/mol. The predicted octanol–water partition coefficient (Wildman–Crippen LogP) is 3.47. The molecule has 0 aromatic heterocycles. The van der Waals surface area contributed by atoms with Crippen LogP contribution >= 0.6 is 0 Å². The minimum absolute atomic E-state index is 0.0617. The van der Waals surface area contributed by atoms with Crippen LogP contribution < -0.4 is 0 Å². The number of aromatic hydroxyl groups is 1. The van der Waals surface area contributed by atoms with Gasteiger partial charge < -0.3 is 9.84 Å². The van der Waals surface area contributed by atoms with Crippen LogP contribution in [0.3, 0.4) is 0 Å². The number of hydrogen-bond acceptors (Lipinski definition) is 4. The Hall–Kier alpha value is -2.62. The molecule has 108 valence electrons. The summed E-state index contributed by atoms with van der Waals surface area (Å²) in [7, 11) is 0. The van der Waals surface area contributed by atoms with Crippen molar-refractivity contribution in [2.24, 2.45) is 4.99 Å². The van der Waals surface area contributed by atoms with E-state index in [1.54, 1.807) is 31.2 Å². The Kier molecular flexibility index (Phi) is 5.10. The van der Waals surface area contributed by atoms with Crippen LogP contribution in [0.15, 0.2) is 59.6 Å². The van der Waals surface area contributed by atoms with E-state index in [0.29, 0.717) is 18.0 Å². The maximum atomic E-state index is 11.7. The summed E-state index contributed by atoms with van der Waals surface area (Å²) in [5.41, 5.74) is 1.82. The van der Waals surface area contributed by atoms with Crippen LogP contribution in [0, 0.1) is 0 Å². The summed E-state index contributed by atoms with van der Waals surface area (Å²) in [6.45, 7) is 2.09. The van der Waals surface area contributed by atoms with Gasteiger partial charge in [0.25, 0.3) is 0 Å². The number of carbonyl (C=O) groups excluding carboxylic acids is 1. The molecule has 0 atom stereocenters. The molecule has 4 nitrogen and oxygen atoms in total. The second-order valence-corrected chi connectivity index (χ2v) is 4.40. The molecule has 0 amide bonds. The Bertz CT molecular complexity index is 635. The van der Waals surface area contributed by atoms with Gasteiger partial charge in [-0.05, 0) is 24.6 Å². The van der Waals surface area contributed by atoms with Gasteiger partial charge in [-0.2, -0.15) is 0 Å². The normalized spacial score (nSPS) is 11.2. The van der Waals surface area contributed by atoms with Crippen LogP contribution in [-0.4, -0.2) is 23.4 Å². The fourth-order valence-corrected chi connectivity index (χ4v) is 1.89. The van der Waals surface area contributed by atoms with Crippen molar-refractivity contribution in [1.82, 2.24) is 0 Å². The Labute approximate surface area is 123 Å². The fourth-order valence-electron chi connectivity index (χ4n) is 1.89. The molecule has 2 aromatic carbocycles. The number of esters is 1. The molecule has 4 heteroatoms. The first-order chi connectivity index (χ1) is 10.2. The molecule has 0 aliphatic heterocycles. The molecule has 2 rings (SSSR count). The summed E-state index contributed by atoms with van der Waals surface area (Å²) in [6.07, 6.45) is 0.0617. The molecule has 1 N–H and O–H groups in total. The van der Waals surface area contributed by atoms with Crippen molar-refractivity contribution in [2.45, 2.75) is 13.3 Å². The highest BCUT2D eigenvalue weighted by molar-refractivity contribution is 6.10. The first-order valence-electron chi connectivity index (χ1n) is 6.77. The average Bonchev–Trinajstić information content (AvgIpc) is 2.50. The third kappa shape index (κ3) is 4.18. The minimum atomic E-state index is -0.337. The lowest BCUT2D eigenvalue weighted by atomic mass is 10.1. The highest BCUT2D eigenvalue weighted by Gasteiger charge is 2.11. The zero-order valence-corrected chi connectivity index (χ0v) is 11.8. The van der Waals surface area contributed by atoms with Crippen LogP contribution in [-0.2, 0) is 9.53 Å². The molecular weight excluding hydrogens is 266 g/mol. The number of phenols is 1. The Morgan fingerprint density at radius 3 is 2.43 bits per heavy atom. The molecule has 0 aliphatic rings. The van der Waals surface area contributed by atoms with Gasteiger partial charge in [0, 0.05) is 0 Å². The van der Waals surface area contributed by atoms with E-state index in [2.05, 4.69) is 4.99 Å². The van der Waals surface area contributed by atoms with Gasteiger partial charge in [0.1, 0.15) is 11.4 Å². The maximum Gasteiger partial charge on any atom is 0.311 e. The van der Waals surface area contributed by atoms with Crippen molar-refractivity contribution >= 4 is 17.4 Å². The Morgan fingerprint density at radius 1 is 1.10 bits per heavy atom. The number of benzene rings is 2. The third-order valence-electron chi connectivity index (χ3n) is 2.86. The molecule has 0 unspecified atom stereocenters. The second kappa shape index (κ2) is 7.24. The van der Waals surface area contributed by atoms with Crippen LogP contribution in [0.2, 0.25) is 0 Å². The lowest BCUT2D eigenvalue weighted by Gasteiger charge is -2.08. The van der Waals surface area contributed by atoms with Crippen molar-refractivity contribution in [3.63, 3.8) is 0 Å². The summed E-state index contributed by atoms with van der Waals surface area (Å²) < 4.78 is 4.98. The lowest BCUT2D eigenvalue weighted by Crippen LogP contribution is -2.12. The zero-order chi connectivity index (χ0) is 15.1. The molecule has 0 radical (unpaired) electrons. The highest BCUT2D eigenvalue weighted by atomic mass is 16.5. The van der Waals surface area contributed by atoms with Gasteiger partial charge in [-0.25, -0.2) is 4.99 Å². The van der Waals surface area contributed by atoms with Crippen molar-refractivity contribution in [3.05, 3.63) is 60.2 Å². The van der Waals surface area contributed by atoms with E-state index in [4.69, 9.17) is 4.74 Å². The van der Waals surface area contributed by atoms with E-state index in [1.807, 2.05) is 30.3 Å². The number of rotatable bonds is 5. The molecular formula is C17H17NO3. The van der Waals surface area contributed by atoms with E-state index < -0.39 is 0 Å². The van der Waals surface area contributed by atoms with E-state index in [1.165, 1.54) is 0 Å². The summed E-state index contributed by atoms with van der Waals surface area (Å²) in [4.78, 5) is 16.2. The molecule has 21 heavy (non-hydrogen) atoms. The fraction of sp³-hybridized carbons (Fsp3) is 0.176. The number of carbonyl (C=O) groups is 1. The molecule has 0 heterocycles. The van der Waals surface area contributed by atoms with Crippen LogP contribution in [0.1, 0.15) is 18.9 Å². The number of nitrogens with zero attached hydrogens (tertiary/aromatic N) is 1. The first-order valence-corrected chi connectivity index (χ1v) is 6.77. The molecule has 0 aliphatic carbocycles. The first kappa shape index (κ1) is 14.8. The van der Waals surface area contributed by atoms with Gasteiger partial charge in [-0.1, -0.05) is 42.5 Å². The summed E-state index contributed by atoms with van der Waals surface area (Å²) in [5, 5.41) is 9.82. The van der Waals surface area contributed by atoms with E-state index in [9.17, 15) is 9.90 Å². The SMILES string of the molecule is CCOC(=O)CC(=Nc1ccccc1O)c1ccccc1. The summed E-state index contributed by atoms with van der Waals surface area (Å²) in [5.74, 6) is -0.259. The Balaban J connectivity index is 2.36. The van der Waals surface area contributed by atoms with Gasteiger partial charge in [0.2, 0.25) is 0 Å². The topological polar surface area (TPSA) is 58.9 Å². The predicted molar refractivity (Wildman–Crippen MR) is 82.0 cm³/mol. The molecule has 0 spiro atoms. The van der Waals surface area contributed by atoms with Crippen molar-refractivity contribution in [3.8, 4) is 5.75 Å². The molecule has 0 saturated heterocycles. The molecule has 0 bridgehead atoms. The quantitative estimate of drug-likeness (QED) is 0.675. The van der Waals surface area contributed by atoms with Gasteiger partial charge >= 0.3 is 5.97 Å². The zero-order valence-electron chi connectivity index (χ0n) is 11.8. The number of para-hydroxylation sites is 2. The lowest BCUT2D eigenvalue weighted by molar-refractivity contribution is -0.141. The molecule has 0 saturated carbocycles. The largest absolute Gasteiger partial charge is 0.506 e. The van der Waals surface area contributed by atoms with Gasteiger partial charge in [-0.3, -0.25) is 4.79 Å². The minimum Gasteiger partial charge on any atom is -0.506 e. The van der Waals surface area contributed by atoms with E-state index >= 15 is 0 Å². The Morgan fingerprint density at radius 2 is 1.76 bits per heavy atom. The van der Waals surface area contributed by atoms with Crippen LogP contribution in [0.5, 0.6) is 5.75 Å². The van der Waals surface area contributed by atoms with Gasteiger partial charge in [0.15, 0.2) is 0 Å².